The molecule has 0 unspecified atom stereocenters. The molecule has 1 aliphatic rings. The summed E-state index contributed by atoms with van der Waals surface area (Å²) in [6.07, 6.45) is -4.38. The Balaban J connectivity index is 2.26. The monoisotopic (exact) mass is 258 g/mol. The van der Waals surface area contributed by atoms with E-state index < -0.39 is 11.7 Å². The van der Waals surface area contributed by atoms with Crippen LogP contribution in [0.2, 0.25) is 0 Å². The standard InChI is InChI=1S/C12H13F3N2O/c1-16-5-6-17(11(18)8-16)10-4-2-3-9(7-10)12(13,14)15/h2-4,7H,5-6,8H2,1H3. The third kappa shape index (κ3) is 2.64. The zero-order valence-electron chi connectivity index (χ0n) is 9.87. The Morgan fingerprint density at radius 1 is 1.22 bits per heavy atom. The van der Waals surface area contributed by atoms with Gasteiger partial charge in [0.1, 0.15) is 0 Å². The van der Waals surface area contributed by atoms with E-state index in [1.165, 1.54) is 17.0 Å². The van der Waals surface area contributed by atoms with Gasteiger partial charge in [-0.15, -0.1) is 0 Å². The Morgan fingerprint density at radius 3 is 2.56 bits per heavy atom. The van der Waals surface area contributed by atoms with Gasteiger partial charge in [0, 0.05) is 18.8 Å². The minimum atomic E-state index is -4.38. The third-order valence-corrected chi connectivity index (χ3v) is 2.90. The molecule has 0 aliphatic carbocycles. The van der Waals surface area contributed by atoms with Crippen molar-refractivity contribution in [2.75, 3.05) is 31.6 Å². The summed E-state index contributed by atoms with van der Waals surface area (Å²) in [5.74, 6) is -0.178. The Bertz CT molecular complexity index is 459. The van der Waals surface area contributed by atoms with Crippen molar-refractivity contribution >= 4 is 11.6 Å². The van der Waals surface area contributed by atoms with Crippen molar-refractivity contribution in [2.45, 2.75) is 6.18 Å². The molecule has 0 N–H and O–H groups in total. The van der Waals surface area contributed by atoms with Gasteiger partial charge in [-0.2, -0.15) is 13.2 Å². The van der Waals surface area contributed by atoms with Gasteiger partial charge in [0.15, 0.2) is 0 Å². The van der Waals surface area contributed by atoms with Gasteiger partial charge in [0.25, 0.3) is 0 Å². The van der Waals surface area contributed by atoms with Crippen molar-refractivity contribution in [1.82, 2.24) is 4.90 Å². The van der Waals surface area contributed by atoms with Crippen LogP contribution in [0.25, 0.3) is 0 Å². The van der Waals surface area contributed by atoms with Crippen LogP contribution < -0.4 is 4.90 Å². The first kappa shape index (κ1) is 12.9. The van der Waals surface area contributed by atoms with Crippen molar-refractivity contribution in [1.29, 1.82) is 0 Å². The number of likely N-dealkylation sites (N-methyl/N-ethyl adjacent to an activating group) is 1. The summed E-state index contributed by atoms with van der Waals surface area (Å²) in [6, 6.07) is 4.87. The van der Waals surface area contributed by atoms with Gasteiger partial charge in [-0.3, -0.25) is 9.69 Å². The minimum Gasteiger partial charge on any atom is -0.310 e. The third-order valence-electron chi connectivity index (χ3n) is 2.90. The number of anilines is 1. The van der Waals surface area contributed by atoms with Crippen molar-refractivity contribution in [3.63, 3.8) is 0 Å². The average molecular weight is 258 g/mol. The molecular formula is C12H13F3N2O. The molecule has 1 heterocycles. The van der Waals surface area contributed by atoms with Crippen LogP contribution in [-0.4, -0.2) is 37.5 Å². The highest BCUT2D eigenvalue weighted by molar-refractivity contribution is 5.95. The fraction of sp³-hybridized carbons (Fsp3) is 0.417. The lowest BCUT2D eigenvalue weighted by Gasteiger charge is -2.32. The van der Waals surface area contributed by atoms with Crippen LogP contribution in [0, 0.1) is 0 Å². The number of alkyl halides is 3. The number of rotatable bonds is 1. The number of halogens is 3. The average Bonchev–Trinajstić information content (AvgIpc) is 2.28. The number of hydrogen-bond donors (Lipinski definition) is 0. The van der Waals surface area contributed by atoms with E-state index in [4.69, 9.17) is 0 Å². The maximum Gasteiger partial charge on any atom is 0.416 e. The Kier molecular flexibility index (Phi) is 3.30. The Morgan fingerprint density at radius 2 is 1.94 bits per heavy atom. The SMILES string of the molecule is CN1CCN(c2cccc(C(F)(F)F)c2)C(=O)C1. The predicted octanol–water partition coefficient (Wildman–Crippen LogP) is 1.98. The number of nitrogens with zero attached hydrogens (tertiary/aromatic N) is 2. The molecule has 0 bridgehead atoms. The van der Waals surface area contributed by atoms with Crippen LogP contribution in [-0.2, 0) is 11.0 Å². The highest BCUT2D eigenvalue weighted by Gasteiger charge is 2.31. The first-order valence-electron chi connectivity index (χ1n) is 5.54. The van der Waals surface area contributed by atoms with Crippen LogP contribution in [0.4, 0.5) is 18.9 Å². The molecule has 0 spiro atoms. The number of piperazine rings is 1. The Hall–Kier alpha value is -1.56. The van der Waals surface area contributed by atoms with Crippen LogP contribution in [0.15, 0.2) is 24.3 Å². The number of carbonyl (C=O) groups excluding carboxylic acids is 1. The molecule has 0 saturated carbocycles. The second-order valence-electron chi connectivity index (χ2n) is 4.33. The first-order chi connectivity index (χ1) is 8.38. The molecule has 1 aliphatic heterocycles. The fourth-order valence-electron chi connectivity index (χ4n) is 1.91. The van der Waals surface area contributed by atoms with Gasteiger partial charge in [-0.05, 0) is 25.2 Å². The first-order valence-corrected chi connectivity index (χ1v) is 5.54. The second-order valence-corrected chi connectivity index (χ2v) is 4.33. The zero-order valence-corrected chi connectivity index (χ0v) is 9.87. The van der Waals surface area contributed by atoms with E-state index in [1.807, 2.05) is 4.90 Å². The van der Waals surface area contributed by atoms with Crippen LogP contribution >= 0.6 is 0 Å². The molecule has 1 aromatic rings. The highest BCUT2D eigenvalue weighted by Crippen LogP contribution is 2.31. The molecule has 1 aromatic carbocycles. The largest absolute Gasteiger partial charge is 0.416 e. The summed E-state index contributed by atoms with van der Waals surface area (Å²) in [5.41, 5.74) is -0.422. The number of amides is 1. The van der Waals surface area contributed by atoms with Crippen LogP contribution in [0.3, 0.4) is 0 Å². The quantitative estimate of drug-likeness (QED) is 0.769. The summed E-state index contributed by atoms with van der Waals surface area (Å²) in [6.45, 7) is 1.30. The van der Waals surface area contributed by atoms with E-state index in [0.29, 0.717) is 18.8 Å². The molecule has 0 radical (unpaired) electrons. The van der Waals surface area contributed by atoms with E-state index >= 15 is 0 Å². The van der Waals surface area contributed by atoms with Crippen molar-refractivity contribution < 1.29 is 18.0 Å². The summed E-state index contributed by atoms with van der Waals surface area (Å²) >= 11 is 0. The summed E-state index contributed by atoms with van der Waals surface area (Å²) in [5, 5.41) is 0. The second kappa shape index (κ2) is 4.61. The molecule has 2 rings (SSSR count). The van der Waals surface area contributed by atoms with E-state index in [0.717, 1.165) is 12.1 Å². The predicted molar refractivity (Wildman–Crippen MR) is 61.3 cm³/mol. The van der Waals surface area contributed by atoms with Crippen molar-refractivity contribution in [3.8, 4) is 0 Å². The summed E-state index contributed by atoms with van der Waals surface area (Å²) in [4.78, 5) is 15.0. The minimum absolute atomic E-state index is 0.178. The van der Waals surface area contributed by atoms with E-state index in [9.17, 15) is 18.0 Å². The molecule has 98 valence electrons. The summed E-state index contributed by atoms with van der Waals surface area (Å²) < 4.78 is 37.7. The van der Waals surface area contributed by atoms with Gasteiger partial charge in [0.05, 0.1) is 12.1 Å². The molecule has 0 aromatic heterocycles. The smallest absolute Gasteiger partial charge is 0.310 e. The van der Waals surface area contributed by atoms with Crippen LogP contribution in [0.5, 0.6) is 0 Å². The Labute approximate surface area is 103 Å². The zero-order chi connectivity index (χ0) is 13.3. The molecule has 6 heteroatoms. The van der Waals surface area contributed by atoms with Gasteiger partial charge in [0.2, 0.25) is 5.91 Å². The lowest BCUT2D eigenvalue weighted by atomic mass is 10.1. The normalized spacial score (nSPS) is 18.2. The molecule has 0 atom stereocenters. The number of benzene rings is 1. The van der Waals surface area contributed by atoms with Gasteiger partial charge in [-0.1, -0.05) is 6.07 Å². The van der Waals surface area contributed by atoms with Gasteiger partial charge < -0.3 is 4.90 Å². The van der Waals surface area contributed by atoms with E-state index in [1.54, 1.807) is 7.05 Å². The van der Waals surface area contributed by atoms with Crippen molar-refractivity contribution in [3.05, 3.63) is 29.8 Å². The fourth-order valence-corrected chi connectivity index (χ4v) is 1.91. The summed E-state index contributed by atoms with van der Waals surface area (Å²) in [7, 11) is 1.81. The number of carbonyl (C=O) groups is 1. The number of hydrogen-bond acceptors (Lipinski definition) is 2. The molecule has 3 nitrogen and oxygen atoms in total. The molecule has 1 amide bonds. The van der Waals surface area contributed by atoms with E-state index in [2.05, 4.69) is 0 Å². The van der Waals surface area contributed by atoms with Crippen molar-refractivity contribution in [2.24, 2.45) is 0 Å². The highest BCUT2D eigenvalue weighted by atomic mass is 19.4. The van der Waals surface area contributed by atoms with Gasteiger partial charge >= 0.3 is 6.18 Å². The lowest BCUT2D eigenvalue weighted by molar-refractivity contribution is -0.137. The molecular weight excluding hydrogens is 245 g/mol. The topological polar surface area (TPSA) is 23.6 Å². The molecule has 18 heavy (non-hydrogen) atoms. The van der Waals surface area contributed by atoms with Crippen LogP contribution in [0.1, 0.15) is 5.56 Å². The maximum absolute atomic E-state index is 12.6. The lowest BCUT2D eigenvalue weighted by Crippen LogP contribution is -2.48. The molecule has 1 fully saturated rings. The maximum atomic E-state index is 12.6. The van der Waals surface area contributed by atoms with E-state index in [-0.39, 0.29) is 12.5 Å². The van der Waals surface area contributed by atoms with Gasteiger partial charge in [-0.25, -0.2) is 0 Å². The molecule has 1 saturated heterocycles.